The molecule has 0 aliphatic heterocycles. The third-order valence-electron chi connectivity index (χ3n) is 12.3. The van der Waals surface area contributed by atoms with Gasteiger partial charge in [0, 0.05) is 32.8 Å². The first-order chi connectivity index (χ1) is 28.5. The van der Waals surface area contributed by atoms with E-state index in [1.54, 1.807) is 0 Å². The molecule has 4 aromatic heterocycles. The Balaban J connectivity index is 1.34. The van der Waals surface area contributed by atoms with Gasteiger partial charge >= 0.3 is 0 Å². The summed E-state index contributed by atoms with van der Waals surface area (Å²) >= 11 is 0. The number of nitrogens with zero attached hydrogens (tertiary/aromatic N) is 5. The number of phenols is 1. The van der Waals surface area contributed by atoms with Gasteiger partial charge in [-0.2, -0.15) is 0 Å². The summed E-state index contributed by atoms with van der Waals surface area (Å²) < 4.78 is 19.9. The van der Waals surface area contributed by atoms with Crippen LogP contribution in [0.3, 0.4) is 0 Å². The normalized spacial score (nSPS) is 12.7. The third-order valence-corrected chi connectivity index (χ3v) is 12.3. The molecule has 298 valence electrons. The Morgan fingerprint density at radius 1 is 0.633 bits per heavy atom. The predicted molar refractivity (Wildman–Crippen MR) is 246 cm³/mol. The fraction of sp³-hybridized carbons (Fsp3) is 0.226. The van der Waals surface area contributed by atoms with Gasteiger partial charge in [0.25, 0.3) is 0 Å². The molecule has 0 amide bonds. The molecule has 0 unspecified atom stereocenters. The van der Waals surface area contributed by atoms with Crippen LogP contribution in [0.25, 0.3) is 88.6 Å². The number of rotatable bonds is 4. The predicted octanol–water partition coefficient (Wildman–Crippen LogP) is 13.6. The lowest BCUT2D eigenvalue weighted by Crippen LogP contribution is -2.17. The quantitative estimate of drug-likeness (QED) is 0.142. The van der Waals surface area contributed by atoms with Crippen LogP contribution in [0.4, 0.5) is 4.39 Å². The topological polar surface area (TPSA) is 68.2 Å². The van der Waals surface area contributed by atoms with E-state index in [1.165, 1.54) is 6.20 Å². The van der Waals surface area contributed by atoms with E-state index in [2.05, 4.69) is 150 Å². The Morgan fingerprint density at radius 2 is 1.40 bits per heavy atom. The van der Waals surface area contributed by atoms with Gasteiger partial charge in [0.1, 0.15) is 23.2 Å². The molecule has 7 heteroatoms. The van der Waals surface area contributed by atoms with Crippen molar-refractivity contribution in [3.63, 3.8) is 0 Å². The van der Waals surface area contributed by atoms with Crippen LogP contribution in [0.5, 0.6) is 5.75 Å². The molecule has 6 aromatic carbocycles. The molecule has 6 nitrogen and oxygen atoms in total. The summed E-state index contributed by atoms with van der Waals surface area (Å²) in [4.78, 5) is 15.3. The Morgan fingerprint density at radius 3 is 2.13 bits per heavy atom. The van der Waals surface area contributed by atoms with Gasteiger partial charge in [0.2, 0.25) is 0 Å². The summed E-state index contributed by atoms with van der Waals surface area (Å²) in [6, 6.07) is 33.7. The second-order valence-corrected chi connectivity index (χ2v) is 18.7. The van der Waals surface area contributed by atoms with Crippen LogP contribution in [0, 0.1) is 33.5 Å². The smallest absolute Gasteiger partial charge is 0.149 e. The van der Waals surface area contributed by atoms with Crippen molar-refractivity contribution in [1.82, 2.24) is 23.9 Å². The summed E-state index contributed by atoms with van der Waals surface area (Å²) in [5, 5.41) is 14.7. The summed E-state index contributed by atoms with van der Waals surface area (Å²) in [5.74, 6) is 1.38. The molecule has 1 N–H and O–H groups in total. The third kappa shape index (κ3) is 5.55. The number of benzene rings is 6. The number of phenolic OH excluding ortho intramolecular Hbond substituents is 1. The zero-order valence-electron chi connectivity index (χ0n) is 35.9. The van der Waals surface area contributed by atoms with E-state index in [-0.39, 0.29) is 22.4 Å². The maximum atomic E-state index is 15.4. The van der Waals surface area contributed by atoms with Crippen LogP contribution in [0.2, 0.25) is 0 Å². The first-order valence-electron chi connectivity index (χ1n) is 20.7. The fourth-order valence-corrected chi connectivity index (χ4v) is 9.51. The van der Waals surface area contributed by atoms with Gasteiger partial charge in [0.15, 0.2) is 0 Å². The van der Waals surface area contributed by atoms with E-state index >= 15 is 4.39 Å². The summed E-state index contributed by atoms with van der Waals surface area (Å²) in [5.41, 5.74) is 15.7. The fourth-order valence-electron chi connectivity index (χ4n) is 9.51. The van der Waals surface area contributed by atoms with Crippen molar-refractivity contribution in [3.05, 3.63) is 143 Å². The number of pyridine rings is 2. The molecule has 10 rings (SSSR count). The monoisotopic (exact) mass is 789 g/mol. The van der Waals surface area contributed by atoms with Crippen LogP contribution in [-0.2, 0) is 10.8 Å². The molecule has 4 heterocycles. The van der Waals surface area contributed by atoms with Gasteiger partial charge in [-0.3, -0.25) is 14.0 Å². The molecule has 0 saturated carbocycles. The lowest BCUT2D eigenvalue weighted by molar-refractivity contribution is 0.446. The number of para-hydroxylation sites is 1. The molecule has 0 aliphatic carbocycles. The van der Waals surface area contributed by atoms with E-state index in [4.69, 9.17) is 15.0 Å². The standard InChI is InChI=1S/C53H48FN5O/c1-28-21-29(2)47(37(22-28)32-15-12-11-13-16-32)59-43-18-14-17-35(45(43)57-51(59)39-25-34(52(5,6)7)26-40(50(39)60)53(8,9)10)33-23-30(3)48-38(24-33)46-44-36(41(54)27-55-46)19-20-42-49(44)58(48)31(4)56-42/h11-27,60H,1-10H3. The summed E-state index contributed by atoms with van der Waals surface area (Å²) in [6.07, 6.45) is 1.33. The highest BCUT2D eigenvalue weighted by Gasteiger charge is 2.30. The van der Waals surface area contributed by atoms with Crippen molar-refractivity contribution in [2.45, 2.75) is 80.1 Å². The molecule has 0 aliphatic rings. The summed E-state index contributed by atoms with van der Waals surface area (Å²) in [7, 11) is 0. The maximum absolute atomic E-state index is 15.4. The van der Waals surface area contributed by atoms with Gasteiger partial charge < -0.3 is 5.11 Å². The van der Waals surface area contributed by atoms with Crippen LogP contribution in [0.1, 0.15) is 75.2 Å². The van der Waals surface area contributed by atoms with Gasteiger partial charge in [-0.1, -0.05) is 102 Å². The van der Waals surface area contributed by atoms with E-state index in [9.17, 15) is 5.11 Å². The number of hydrogen-bond donors (Lipinski definition) is 1. The molecule has 60 heavy (non-hydrogen) atoms. The molecular weight excluding hydrogens is 742 g/mol. The summed E-state index contributed by atoms with van der Waals surface area (Å²) in [6.45, 7) is 21.5. The van der Waals surface area contributed by atoms with E-state index in [0.717, 1.165) is 105 Å². The lowest BCUT2D eigenvalue weighted by atomic mass is 9.79. The van der Waals surface area contributed by atoms with E-state index < -0.39 is 0 Å². The Hall–Kier alpha value is -6.60. The highest BCUT2D eigenvalue weighted by Crippen LogP contribution is 2.47. The van der Waals surface area contributed by atoms with Crippen LogP contribution in [-0.4, -0.2) is 29.0 Å². The zero-order valence-corrected chi connectivity index (χ0v) is 35.9. The Labute approximate surface area is 349 Å². The minimum atomic E-state index is -0.352. The average molecular weight is 790 g/mol. The van der Waals surface area contributed by atoms with Crippen molar-refractivity contribution in [1.29, 1.82) is 0 Å². The van der Waals surface area contributed by atoms with Crippen LogP contribution < -0.4 is 0 Å². The first kappa shape index (κ1) is 37.7. The van der Waals surface area contributed by atoms with Crippen molar-refractivity contribution in [3.8, 4) is 45.1 Å². The second kappa shape index (κ2) is 12.9. The highest BCUT2D eigenvalue weighted by molar-refractivity contribution is 6.22. The number of imidazole rings is 2. The van der Waals surface area contributed by atoms with Gasteiger partial charge in [0.05, 0.1) is 50.5 Å². The van der Waals surface area contributed by atoms with Crippen molar-refractivity contribution in [2.75, 3.05) is 0 Å². The van der Waals surface area contributed by atoms with Crippen molar-refractivity contribution >= 4 is 49.3 Å². The molecule has 0 spiro atoms. The molecule has 0 radical (unpaired) electrons. The first-order valence-corrected chi connectivity index (χ1v) is 20.7. The SMILES string of the molecule is Cc1cc(C)c(-n2c(-c3cc(C(C)(C)C)cc(C(C)(C)C)c3O)nc3c(-c4cc(C)c5c(c4)c4ncc(F)c6ccc7nc(C)n5c7c64)cccc32)c(-c2ccccc2)c1. The van der Waals surface area contributed by atoms with Crippen LogP contribution >= 0.6 is 0 Å². The number of fused-ring (bicyclic) bond motifs is 4. The highest BCUT2D eigenvalue weighted by atomic mass is 19.1. The van der Waals surface area contributed by atoms with Crippen molar-refractivity contribution < 1.29 is 9.50 Å². The number of aryl methyl sites for hydroxylation is 4. The molecule has 0 saturated heterocycles. The average Bonchev–Trinajstić information content (AvgIpc) is 3.74. The molecule has 0 bridgehead atoms. The molecule has 0 fully saturated rings. The van der Waals surface area contributed by atoms with Crippen LogP contribution in [0.15, 0.2) is 103 Å². The van der Waals surface area contributed by atoms with Gasteiger partial charge in [-0.15, -0.1) is 0 Å². The largest absolute Gasteiger partial charge is 0.507 e. The van der Waals surface area contributed by atoms with Crippen molar-refractivity contribution in [2.24, 2.45) is 0 Å². The van der Waals surface area contributed by atoms with Gasteiger partial charge in [-0.25, -0.2) is 14.4 Å². The molecular formula is C53H48FN5O. The molecule has 10 aromatic rings. The van der Waals surface area contributed by atoms with E-state index in [0.29, 0.717) is 16.8 Å². The number of aromatic nitrogens is 5. The Bertz CT molecular complexity index is 3400. The van der Waals surface area contributed by atoms with Gasteiger partial charge in [-0.05, 0) is 109 Å². The zero-order chi connectivity index (χ0) is 42.2. The number of hydrogen-bond acceptors (Lipinski definition) is 4. The maximum Gasteiger partial charge on any atom is 0.149 e. The molecule has 0 atom stereocenters. The second-order valence-electron chi connectivity index (χ2n) is 18.7. The number of aromatic hydroxyl groups is 1. The minimum Gasteiger partial charge on any atom is -0.507 e. The van der Waals surface area contributed by atoms with E-state index in [1.807, 2.05) is 25.1 Å². The number of halogens is 1. The lowest BCUT2D eigenvalue weighted by Gasteiger charge is -2.28. The minimum absolute atomic E-state index is 0.197. The Kier molecular flexibility index (Phi) is 8.13.